The molecule has 0 spiro atoms. The normalized spacial score (nSPS) is 10.5. The summed E-state index contributed by atoms with van der Waals surface area (Å²) in [6.07, 6.45) is 3.99. The number of nitrogen functional groups attached to an aromatic ring is 1. The molecule has 0 aliphatic rings. The minimum Gasteiger partial charge on any atom is -0.496 e. The van der Waals surface area contributed by atoms with Gasteiger partial charge >= 0.3 is 0 Å². The fourth-order valence-electron chi connectivity index (χ4n) is 2.27. The average molecular weight is 257 g/mol. The van der Waals surface area contributed by atoms with Crippen LogP contribution < -0.4 is 10.5 Å². The van der Waals surface area contributed by atoms with Crippen LogP contribution in [0.1, 0.15) is 28.1 Å². The fraction of sp³-hybridized carbons (Fsp3) is 0.333. The second kappa shape index (κ2) is 5.26. The summed E-state index contributed by atoms with van der Waals surface area (Å²) in [5, 5.41) is 0. The molecule has 0 fully saturated rings. The van der Waals surface area contributed by atoms with Crippen molar-refractivity contribution in [2.75, 3.05) is 12.8 Å². The summed E-state index contributed by atoms with van der Waals surface area (Å²) >= 11 is 0. The number of nitrogens with zero attached hydrogens (tertiary/aromatic N) is 2. The summed E-state index contributed by atoms with van der Waals surface area (Å²) in [4.78, 5) is 8.50. The molecule has 0 bridgehead atoms. The van der Waals surface area contributed by atoms with Crippen molar-refractivity contribution in [1.82, 2.24) is 9.97 Å². The lowest BCUT2D eigenvalue weighted by atomic mass is 9.96. The molecule has 0 saturated heterocycles. The first-order valence-corrected chi connectivity index (χ1v) is 6.23. The van der Waals surface area contributed by atoms with Gasteiger partial charge in [-0.3, -0.25) is 0 Å². The molecule has 2 N–H and O–H groups in total. The number of nitrogens with two attached hydrogens (primary N) is 1. The van der Waals surface area contributed by atoms with E-state index in [1.807, 2.05) is 0 Å². The van der Waals surface area contributed by atoms with E-state index in [2.05, 4.69) is 36.8 Å². The Morgan fingerprint density at radius 1 is 1.11 bits per heavy atom. The summed E-state index contributed by atoms with van der Waals surface area (Å²) in [5.74, 6) is 1.74. The van der Waals surface area contributed by atoms with Crippen molar-refractivity contribution in [3.05, 3.63) is 46.5 Å². The third-order valence-corrected chi connectivity index (χ3v) is 3.41. The lowest BCUT2D eigenvalue weighted by Gasteiger charge is -2.15. The van der Waals surface area contributed by atoms with Crippen molar-refractivity contribution in [2.45, 2.75) is 27.2 Å². The van der Waals surface area contributed by atoms with E-state index in [0.29, 0.717) is 12.1 Å². The van der Waals surface area contributed by atoms with Crippen LogP contribution in [0, 0.1) is 20.8 Å². The Balaban J connectivity index is 2.38. The molecule has 1 aromatic heterocycles. The van der Waals surface area contributed by atoms with Crippen LogP contribution in [0.25, 0.3) is 0 Å². The van der Waals surface area contributed by atoms with Crippen molar-refractivity contribution in [3.63, 3.8) is 0 Å². The smallest absolute Gasteiger partial charge is 0.132 e. The molecule has 0 amide bonds. The highest BCUT2D eigenvalue weighted by Gasteiger charge is 2.11. The van der Waals surface area contributed by atoms with E-state index in [1.165, 1.54) is 16.7 Å². The van der Waals surface area contributed by atoms with E-state index in [1.54, 1.807) is 19.5 Å². The molecule has 2 aromatic rings. The van der Waals surface area contributed by atoms with E-state index < -0.39 is 0 Å². The first-order valence-electron chi connectivity index (χ1n) is 6.23. The van der Waals surface area contributed by atoms with Crippen molar-refractivity contribution in [2.24, 2.45) is 0 Å². The van der Waals surface area contributed by atoms with Crippen LogP contribution in [-0.2, 0) is 6.42 Å². The van der Waals surface area contributed by atoms with Gasteiger partial charge in [0.15, 0.2) is 0 Å². The van der Waals surface area contributed by atoms with E-state index in [-0.39, 0.29) is 0 Å². The summed E-state index contributed by atoms with van der Waals surface area (Å²) in [7, 11) is 1.71. The van der Waals surface area contributed by atoms with Crippen LogP contribution >= 0.6 is 0 Å². The van der Waals surface area contributed by atoms with Crippen LogP contribution in [0.15, 0.2) is 18.5 Å². The molecule has 1 heterocycles. The van der Waals surface area contributed by atoms with Gasteiger partial charge in [-0.15, -0.1) is 0 Å². The molecule has 1 aromatic carbocycles. The molecule has 0 unspecified atom stereocenters. The SMILES string of the molecule is COc1c(C)cc(Cc2ncc(N)cn2)c(C)c1C. The Morgan fingerprint density at radius 3 is 2.32 bits per heavy atom. The first kappa shape index (κ1) is 13.3. The molecule has 4 nitrogen and oxygen atoms in total. The quantitative estimate of drug-likeness (QED) is 0.918. The van der Waals surface area contributed by atoms with Crippen LogP contribution in [0.2, 0.25) is 0 Å². The lowest BCUT2D eigenvalue weighted by Crippen LogP contribution is -2.03. The van der Waals surface area contributed by atoms with Crippen LogP contribution in [0.4, 0.5) is 5.69 Å². The standard InChI is InChI=1S/C15H19N3O/c1-9-5-12(10(2)11(3)15(9)19-4)6-14-17-7-13(16)8-18-14/h5,7-8H,6,16H2,1-4H3. The lowest BCUT2D eigenvalue weighted by molar-refractivity contribution is 0.408. The highest BCUT2D eigenvalue weighted by atomic mass is 16.5. The van der Waals surface area contributed by atoms with Gasteiger partial charge < -0.3 is 10.5 Å². The van der Waals surface area contributed by atoms with Crippen molar-refractivity contribution < 1.29 is 4.74 Å². The monoisotopic (exact) mass is 257 g/mol. The molecule has 0 radical (unpaired) electrons. The van der Waals surface area contributed by atoms with Gasteiger partial charge in [-0.1, -0.05) is 6.07 Å². The number of anilines is 1. The zero-order chi connectivity index (χ0) is 14.0. The van der Waals surface area contributed by atoms with E-state index in [0.717, 1.165) is 17.1 Å². The molecule has 0 aliphatic heterocycles. The van der Waals surface area contributed by atoms with Gasteiger partial charge in [0.2, 0.25) is 0 Å². The molecular formula is C15H19N3O. The van der Waals surface area contributed by atoms with Gasteiger partial charge in [-0.25, -0.2) is 9.97 Å². The Hall–Kier alpha value is -2.10. The van der Waals surface area contributed by atoms with Crippen molar-refractivity contribution in [1.29, 1.82) is 0 Å². The maximum absolute atomic E-state index is 5.59. The maximum Gasteiger partial charge on any atom is 0.132 e. The second-order valence-electron chi connectivity index (χ2n) is 4.75. The highest BCUT2D eigenvalue weighted by molar-refractivity contribution is 5.49. The van der Waals surface area contributed by atoms with E-state index >= 15 is 0 Å². The van der Waals surface area contributed by atoms with Gasteiger partial charge in [0.25, 0.3) is 0 Å². The van der Waals surface area contributed by atoms with Gasteiger partial charge in [0.1, 0.15) is 11.6 Å². The number of rotatable bonds is 3. The minimum absolute atomic E-state index is 0.586. The molecule has 2 rings (SSSR count). The third kappa shape index (κ3) is 2.67. The molecule has 19 heavy (non-hydrogen) atoms. The summed E-state index contributed by atoms with van der Waals surface area (Å²) < 4.78 is 5.43. The summed E-state index contributed by atoms with van der Waals surface area (Å²) in [6, 6.07) is 2.14. The second-order valence-corrected chi connectivity index (χ2v) is 4.75. The molecule has 100 valence electrons. The van der Waals surface area contributed by atoms with Crippen molar-refractivity contribution in [3.8, 4) is 5.75 Å². The number of aromatic nitrogens is 2. The third-order valence-electron chi connectivity index (χ3n) is 3.41. The number of benzene rings is 1. The Labute approximate surface area is 113 Å². The fourth-order valence-corrected chi connectivity index (χ4v) is 2.27. The summed E-state index contributed by atoms with van der Waals surface area (Å²) in [6.45, 7) is 6.23. The summed E-state index contributed by atoms with van der Waals surface area (Å²) in [5.41, 5.74) is 10.9. The number of ether oxygens (including phenoxy) is 1. The first-order chi connectivity index (χ1) is 9.02. The average Bonchev–Trinajstić information content (AvgIpc) is 2.39. The Kier molecular flexibility index (Phi) is 3.69. The van der Waals surface area contributed by atoms with Gasteiger partial charge in [-0.05, 0) is 43.0 Å². The van der Waals surface area contributed by atoms with Crippen molar-refractivity contribution >= 4 is 5.69 Å². The van der Waals surface area contributed by atoms with Crippen LogP contribution in [0.5, 0.6) is 5.75 Å². The zero-order valence-electron chi connectivity index (χ0n) is 11.8. The predicted octanol–water partition coefficient (Wildman–Crippen LogP) is 2.58. The maximum atomic E-state index is 5.59. The minimum atomic E-state index is 0.586. The van der Waals surface area contributed by atoms with Crippen LogP contribution in [0.3, 0.4) is 0 Å². The van der Waals surface area contributed by atoms with E-state index in [9.17, 15) is 0 Å². The topological polar surface area (TPSA) is 61.0 Å². The molecule has 0 saturated carbocycles. The molecule has 0 aliphatic carbocycles. The molecular weight excluding hydrogens is 238 g/mol. The Morgan fingerprint density at radius 2 is 1.74 bits per heavy atom. The highest BCUT2D eigenvalue weighted by Crippen LogP contribution is 2.29. The number of aryl methyl sites for hydroxylation is 1. The predicted molar refractivity (Wildman–Crippen MR) is 76.5 cm³/mol. The largest absolute Gasteiger partial charge is 0.496 e. The van der Waals surface area contributed by atoms with Crippen LogP contribution in [-0.4, -0.2) is 17.1 Å². The van der Waals surface area contributed by atoms with Gasteiger partial charge in [-0.2, -0.15) is 0 Å². The van der Waals surface area contributed by atoms with Gasteiger partial charge in [0, 0.05) is 6.42 Å². The Bertz CT molecular complexity index is 591. The molecule has 0 atom stereocenters. The zero-order valence-corrected chi connectivity index (χ0v) is 11.8. The number of methoxy groups -OCH3 is 1. The van der Waals surface area contributed by atoms with Gasteiger partial charge in [0.05, 0.1) is 25.2 Å². The van der Waals surface area contributed by atoms with E-state index in [4.69, 9.17) is 10.5 Å². The molecule has 4 heteroatoms. The number of hydrogen-bond acceptors (Lipinski definition) is 4. The number of hydrogen-bond donors (Lipinski definition) is 1.